The Labute approximate surface area is 203 Å². The second-order valence-corrected chi connectivity index (χ2v) is 9.55. The average molecular weight is 475 g/mol. The lowest BCUT2D eigenvalue weighted by atomic mass is 10.1. The SMILES string of the molecule is CCc1ccc(NC(=O)CSc2nnc(CSc3ccc(C)cc3)n2-c2ccccc2)cc1. The highest BCUT2D eigenvalue weighted by Gasteiger charge is 2.16. The largest absolute Gasteiger partial charge is 0.325 e. The first-order valence-electron chi connectivity index (χ1n) is 10.8. The molecule has 0 aliphatic heterocycles. The van der Waals surface area contributed by atoms with Crippen LogP contribution in [0.1, 0.15) is 23.9 Å². The van der Waals surface area contributed by atoms with Crippen LogP contribution in [0, 0.1) is 6.92 Å². The van der Waals surface area contributed by atoms with Crippen LogP contribution >= 0.6 is 23.5 Å². The molecule has 3 aromatic carbocycles. The number of carbonyl (C=O) groups is 1. The van der Waals surface area contributed by atoms with Crippen molar-refractivity contribution < 1.29 is 4.79 Å². The van der Waals surface area contributed by atoms with E-state index in [1.807, 2.05) is 59.2 Å². The van der Waals surface area contributed by atoms with Crippen molar-refractivity contribution in [3.63, 3.8) is 0 Å². The molecule has 1 N–H and O–H groups in total. The Morgan fingerprint density at radius 2 is 1.64 bits per heavy atom. The topological polar surface area (TPSA) is 59.8 Å². The van der Waals surface area contributed by atoms with Gasteiger partial charge >= 0.3 is 0 Å². The summed E-state index contributed by atoms with van der Waals surface area (Å²) >= 11 is 3.11. The predicted octanol–water partition coefficient (Wildman–Crippen LogP) is 6.16. The van der Waals surface area contributed by atoms with E-state index >= 15 is 0 Å². The molecule has 0 aliphatic carbocycles. The zero-order valence-corrected chi connectivity index (χ0v) is 20.3. The first-order valence-corrected chi connectivity index (χ1v) is 12.8. The maximum absolute atomic E-state index is 12.5. The molecule has 0 radical (unpaired) electrons. The van der Waals surface area contributed by atoms with Gasteiger partial charge < -0.3 is 5.32 Å². The lowest BCUT2D eigenvalue weighted by Gasteiger charge is -2.10. The fourth-order valence-corrected chi connectivity index (χ4v) is 4.84. The highest BCUT2D eigenvalue weighted by Crippen LogP contribution is 2.27. The number of aryl methyl sites for hydroxylation is 2. The van der Waals surface area contributed by atoms with Crippen LogP contribution in [-0.2, 0) is 17.0 Å². The summed E-state index contributed by atoms with van der Waals surface area (Å²) in [6.07, 6.45) is 0.976. The van der Waals surface area contributed by atoms with Crippen LogP contribution in [0.25, 0.3) is 5.69 Å². The number of hydrogen-bond donors (Lipinski definition) is 1. The number of thioether (sulfide) groups is 2. The molecular weight excluding hydrogens is 448 g/mol. The summed E-state index contributed by atoms with van der Waals surface area (Å²) in [6, 6.07) is 26.4. The lowest BCUT2D eigenvalue weighted by molar-refractivity contribution is -0.113. The maximum atomic E-state index is 12.5. The number of rotatable bonds is 9. The van der Waals surface area contributed by atoms with Crippen molar-refractivity contribution in [2.75, 3.05) is 11.1 Å². The molecule has 0 saturated heterocycles. The van der Waals surface area contributed by atoms with Crippen molar-refractivity contribution >= 4 is 35.1 Å². The minimum absolute atomic E-state index is 0.0672. The summed E-state index contributed by atoms with van der Waals surface area (Å²) in [5, 5.41) is 12.5. The van der Waals surface area contributed by atoms with E-state index in [1.54, 1.807) is 11.8 Å². The van der Waals surface area contributed by atoms with E-state index in [2.05, 4.69) is 53.6 Å². The van der Waals surface area contributed by atoms with Crippen molar-refractivity contribution in [2.45, 2.75) is 36.1 Å². The molecule has 1 amide bonds. The van der Waals surface area contributed by atoms with Crippen molar-refractivity contribution in [3.8, 4) is 5.69 Å². The highest BCUT2D eigenvalue weighted by atomic mass is 32.2. The molecule has 0 fully saturated rings. The minimum Gasteiger partial charge on any atom is -0.325 e. The number of para-hydroxylation sites is 1. The standard InChI is InChI=1S/C26H26N4OS2/c1-3-20-11-13-21(14-12-20)27-25(31)18-33-26-29-28-24(30(26)22-7-5-4-6-8-22)17-32-23-15-9-19(2)10-16-23/h4-16H,3,17-18H2,1-2H3,(H,27,31). The molecule has 168 valence electrons. The third-order valence-corrected chi connectivity index (χ3v) is 7.02. The third-order valence-electron chi connectivity index (χ3n) is 5.08. The molecule has 7 heteroatoms. The van der Waals surface area contributed by atoms with Gasteiger partial charge in [-0.15, -0.1) is 22.0 Å². The van der Waals surface area contributed by atoms with Crippen LogP contribution in [0.4, 0.5) is 5.69 Å². The zero-order chi connectivity index (χ0) is 23.0. The van der Waals surface area contributed by atoms with Crippen LogP contribution in [0.2, 0.25) is 0 Å². The third kappa shape index (κ3) is 6.27. The Morgan fingerprint density at radius 3 is 2.33 bits per heavy atom. The van der Waals surface area contributed by atoms with Crippen molar-refractivity contribution in [3.05, 3.63) is 95.8 Å². The van der Waals surface area contributed by atoms with Gasteiger partial charge in [-0.25, -0.2) is 0 Å². The van der Waals surface area contributed by atoms with Crippen LogP contribution in [0.3, 0.4) is 0 Å². The molecule has 1 aromatic heterocycles. The second-order valence-electron chi connectivity index (χ2n) is 7.56. The van der Waals surface area contributed by atoms with Crippen LogP contribution < -0.4 is 5.32 Å². The maximum Gasteiger partial charge on any atom is 0.234 e. The molecular formula is C26H26N4OS2. The molecule has 0 saturated carbocycles. The van der Waals surface area contributed by atoms with Gasteiger partial charge in [0, 0.05) is 16.3 Å². The Kier molecular flexibility index (Phi) is 7.86. The number of anilines is 1. The second kappa shape index (κ2) is 11.2. The van der Waals surface area contributed by atoms with E-state index in [1.165, 1.54) is 27.8 Å². The number of benzene rings is 3. The number of aromatic nitrogens is 3. The smallest absolute Gasteiger partial charge is 0.234 e. The van der Waals surface area contributed by atoms with Gasteiger partial charge in [-0.3, -0.25) is 9.36 Å². The van der Waals surface area contributed by atoms with Gasteiger partial charge in [0.1, 0.15) is 5.82 Å². The van der Waals surface area contributed by atoms with E-state index in [-0.39, 0.29) is 11.7 Å². The first kappa shape index (κ1) is 23.1. The number of hydrogen-bond acceptors (Lipinski definition) is 5. The molecule has 4 rings (SSSR count). The Morgan fingerprint density at radius 1 is 0.909 bits per heavy atom. The Balaban J connectivity index is 1.46. The molecule has 0 aliphatic rings. The van der Waals surface area contributed by atoms with E-state index in [0.29, 0.717) is 10.9 Å². The summed E-state index contributed by atoms with van der Waals surface area (Å²) in [6.45, 7) is 4.20. The van der Waals surface area contributed by atoms with E-state index in [4.69, 9.17) is 0 Å². The molecule has 0 spiro atoms. The zero-order valence-electron chi connectivity index (χ0n) is 18.7. The van der Waals surface area contributed by atoms with Crippen LogP contribution in [-0.4, -0.2) is 26.4 Å². The van der Waals surface area contributed by atoms with Gasteiger partial charge in [0.05, 0.1) is 11.5 Å². The Bertz CT molecular complexity index is 1190. The monoisotopic (exact) mass is 474 g/mol. The normalized spacial score (nSPS) is 10.8. The van der Waals surface area contributed by atoms with Gasteiger partial charge in [0.2, 0.25) is 5.91 Å². The van der Waals surface area contributed by atoms with E-state index in [9.17, 15) is 4.79 Å². The molecule has 4 aromatic rings. The summed E-state index contributed by atoms with van der Waals surface area (Å²) in [4.78, 5) is 13.7. The molecule has 0 atom stereocenters. The van der Waals surface area contributed by atoms with Crippen molar-refractivity contribution in [1.82, 2.24) is 14.8 Å². The number of amides is 1. The van der Waals surface area contributed by atoms with Gasteiger partial charge in [-0.2, -0.15) is 0 Å². The van der Waals surface area contributed by atoms with Gasteiger partial charge in [-0.05, 0) is 55.3 Å². The first-order chi connectivity index (χ1) is 16.1. The molecule has 0 unspecified atom stereocenters. The molecule has 33 heavy (non-hydrogen) atoms. The summed E-state index contributed by atoms with van der Waals surface area (Å²) in [7, 11) is 0. The summed E-state index contributed by atoms with van der Waals surface area (Å²) in [5.41, 5.74) is 4.28. The average Bonchev–Trinajstić information content (AvgIpc) is 3.26. The minimum atomic E-state index is -0.0672. The summed E-state index contributed by atoms with van der Waals surface area (Å²) in [5.74, 6) is 1.72. The van der Waals surface area contributed by atoms with E-state index < -0.39 is 0 Å². The summed E-state index contributed by atoms with van der Waals surface area (Å²) < 4.78 is 2.04. The predicted molar refractivity (Wildman–Crippen MR) is 137 cm³/mol. The fraction of sp³-hybridized carbons (Fsp3) is 0.192. The number of nitrogens with one attached hydrogen (secondary N) is 1. The highest BCUT2D eigenvalue weighted by molar-refractivity contribution is 7.99. The van der Waals surface area contributed by atoms with Gasteiger partial charge in [0.25, 0.3) is 0 Å². The number of nitrogens with zero attached hydrogens (tertiary/aromatic N) is 3. The van der Waals surface area contributed by atoms with Crippen LogP contribution in [0.15, 0.2) is 88.9 Å². The van der Waals surface area contributed by atoms with Gasteiger partial charge in [0.15, 0.2) is 5.16 Å². The Hall–Kier alpha value is -3.03. The van der Waals surface area contributed by atoms with Crippen LogP contribution in [0.5, 0.6) is 0 Å². The van der Waals surface area contributed by atoms with Crippen molar-refractivity contribution in [1.29, 1.82) is 0 Å². The lowest BCUT2D eigenvalue weighted by Crippen LogP contribution is -2.14. The molecule has 5 nitrogen and oxygen atoms in total. The van der Waals surface area contributed by atoms with E-state index in [0.717, 1.165) is 23.6 Å². The fourth-order valence-electron chi connectivity index (χ4n) is 3.26. The van der Waals surface area contributed by atoms with Crippen molar-refractivity contribution in [2.24, 2.45) is 0 Å². The van der Waals surface area contributed by atoms with Gasteiger partial charge in [-0.1, -0.05) is 66.7 Å². The molecule has 0 bridgehead atoms. The molecule has 1 heterocycles. The quantitative estimate of drug-likeness (QED) is 0.294. The number of carbonyl (C=O) groups excluding carboxylic acids is 1.